The van der Waals surface area contributed by atoms with Crippen LogP contribution in [-0.2, 0) is 4.79 Å². The van der Waals surface area contributed by atoms with Crippen LogP contribution in [0.25, 0.3) is 0 Å². The van der Waals surface area contributed by atoms with Crippen molar-refractivity contribution in [3.63, 3.8) is 0 Å². The van der Waals surface area contributed by atoms with Crippen LogP contribution >= 0.6 is 22.9 Å². The number of ether oxygens (including phenoxy) is 2. The summed E-state index contributed by atoms with van der Waals surface area (Å²) in [6.07, 6.45) is 2.05. The van der Waals surface area contributed by atoms with Gasteiger partial charge in [-0.3, -0.25) is 4.79 Å². The van der Waals surface area contributed by atoms with Gasteiger partial charge in [0, 0.05) is 23.6 Å². The molecule has 2 heterocycles. The van der Waals surface area contributed by atoms with E-state index >= 15 is 0 Å². The molecule has 0 unspecified atom stereocenters. The molecule has 7 heteroatoms. The Kier molecular flexibility index (Phi) is 5.71. The zero-order valence-corrected chi connectivity index (χ0v) is 15.8. The Morgan fingerprint density at radius 1 is 1.36 bits per heavy atom. The quantitative estimate of drug-likeness (QED) is 0.816. The molecule has 0 bridgehead atoms. The number of nitrogens with one attached hydrogen (secondary N) is 1. The monoisotopic (exact) mass is 380 g/mol. The standard InChI is InChI=1S/C18H21ClN2O3S/c1-23-15-9-12(19)13(10-16(15)24-2)20-11-18(22)21-7-3-5-14(21)17-6-4-8-25-17/h4,6,8-10,14,20H,3,5,7,11H2,1-2H3/t14-/m0/s1. The van der Waals surface area contributed by atoms with Crippen LogP contribution in [0.5, 0.6) is 11.5 Å². The van der Waals surface area contributed by atoms with Crippen LogP contribution in [0, 0.1) is 0 Å². The van der Waals surface area contributed by atoms with Gasteiger partial charge in [-0.25, -0.2) is 0 Å². The second-order valence-electron chi connectivity index (χ2n) is 5.80. The predicted octanol–water partition coefficient (Wildman–Crippen LogP) is 4.19. The summed E-state index contributed by atoms with van der Waals surface area (Å²) in [7, 11) is 3.12. The summed E-state index contributed by atoms with van der Waals surface area (Å²) < 4.78 is 10.5. The van der Waals surface area contributed by atoms with Crippen molar-refractivity contribution < 1.29 is 14.3 Å². The van der Waals surface area contributed by atoms with E-state index in [4.69, 9.17) is 21.1 Å². The van der Waals surface area contributed by atoms with Crippen molar-refractivity contribution >= 4 is 34.5 Å². The largest absolute Gasteiger partial charge is 0.493 e. The van der Waals surface area contributed by atoms with Crippen LogP contribution in [0.2, 0.25) is 5.02 Å². The zero-order valence-electron chi connectivity index (χ0n) is 14.3. The molecule has 1 amide bonds. The number of nitrogens with zero attached hydrogens (tertiary/aromatic N) is 1. The minimum Gasteiger partial charge on any atom is -0.493 e. The summed E-state index contributed by atoms with van der Waals surface area (Å²) in [5.74, 6) is 1.20. The summed E-state index contributed by atoms with van der Waals surface area (Å²) >= 11 is 7.97. The van der Waals surface area contributed by atoms with Gasteiger partial charge in [-0.05, 0) is 24.3 Å². The lowest BCUT2D eigenvalue weighted by molar-refractivity contribution is -0.130. The van der Waals surface area contributed by atoms with E-state index in [0.29, 0.717) is 22.2 Å². The Morgan fingerprint density at radius 2 is 2.12 bits per heavy atom. The predicted molar refractivity (Wildman–Crippen MR) is 101 cm³/mol. The summed E-state index contributed by atoms with van der Waals surface area (Å²) in [4.78, 5) is 15.9. The number of amides is 1. The molecule has 0 spiro atoms. The van der Waals surface area contributed by atoms with Crippen molar-refractivity contribution in [3.05, 3.63) is 39.5 Å². The maximum absolute atomic E-state index is 12.7. The number of hydrogen-bond acceptors (Lipinski definition) is 5. The first-order valence-electron chi connectivity index (χ1n) is 8.12. The lowest BCUT2D eigenvalue weighted by atomic mass is 10.2. The van der Waals surface area contributed by atoms with Gasteiger partial charge in [0.25, 0.3) is 0 Å². The van der Waals surface area contributed by atoms with E-state index in [1.165, 1.54) is 4.88 Å². The number of thiophene rings is 1. The summed E-state index contributed by atoms with van der Waals surface area (Å²) in [6.45, 7) is 0.986. The number of benzene rings is 1. The van der Waals surface area contributed by atoms with Gasteiger partial charge in [-0.1, -0.05) is 17.7 Å². The molecular formula is C18H21ClN2O3S. The molecule has 5 nitrogen and oxygen atoms in total. The number of anilines is 1. The van der Waals surface area contributed by atoms with Gasteiger partial charge in [-0.15, -0.1) is 11.3 Å². The first-order chi connectivity index (χ1) is 12.1. The van der Waals surface area contributed by atoms with Crippen LogP contribution in [0.15, 0.2) is 29.6 Å². The van der Waals surface area contributed by atoms with Crippen molar-refractivity contribution in [2.45, 2.75) is 18.9 Å². The van der Waals surface area contributed by atoms with Gasteiger partial charge < -0.3 is 19.7 Å². The highest BCUT2D eigenvalue weighted by atomic mass is 35.5. The maximum Gasteiger partial charge on any atom is 0.242 e. The molecule has 0 saturated carbocycles. The van der Waals surface area contributed by atoms with Crippen molar-refractivity contribution in [3.8, 4) is 11.5 Å². The fourth-order valence-electron chi connectivity index (χ4n) is 3.10. The van der Waals surface area contributed by atoms with E-state index in [1.807, 2.05) is 11.0 Å². The van der Waals surface area contributed by atoms with Gasteiger partial charge in [0.05, 0.1) is 37.5 Å². The highest BCUT2D eigenvalue weighted by molar-refractivity contribution is 7.10. The molecule has 25 heavy (non-hydrogen) atoms. The zero-order chi connectivity index (χ0) is 17.8. The SMILES string of the molecule is COc1cc(Cl)c(NCC(=O)N2CCC[C@H]2c2cccs2)cc1OC. The number of carbonyl (C=O) groups excluding carboxylic acids is 1. The third kappa shape index (κ3) is 3.85. The van der Waals surface area contributed by atoms with Crippen LogP contribution in [-0.4, -0.2) is 38.1 Å². The molecule has 1 aliphatic heterocycles. The maximum atomic E-state index is 12.7. The van der Waals surface area contributed by atoms with Crippen molar-refractivity contribution in [2.24, 2.45) is 0 Å². The number of hydrogen-bond donors (Lipinski definition) is 1. The first kappa shape index (κ1) is 17.9. The number of carbonyl (C=O) groups is 1. The van der Waals surface area contributed by atoms with Gasteiger partial charge in [0.1, 0.15) is 0 Å². The second kappa shape index (κ2) is 7.97. The van der Waals surface area contributed by atoms with Crippen LogP contribution in [0.1, 0.15) is 23.8 Å². The lowest BCUT2D eigenvalue weighted by Crippen LogP contribution is -2.34. The van der Waals surface area contributed by atoms with Crippen molar-refractivity contribution in [1.29, 1.82) is 0 Å². The minimum absolute atomic E-state index is 0.0711. The van der Waals surface area contributed by atoms with E-state index < -0.39 is 0 Å². The van der Waals surface area contributed by atoms with E-state index in [-0.39, 0.29) is 18.5 Å². The second-order valence-corrected chi connectivity index (χ2v) is 7.19. The van der Waals surface area contributed by atoms with Crippen LogP contribution in [0.4, 0.5) is 5.69 Å². The third-order valence-electron chi connectivity index (χ3n) is 4.35. The van der Waals surface area contributed by atoms with Crippen LogP contribution < -0.4 is 14.8 Å². The van der Waals surface area contributed by atoms with Crippen LogP contribution in [0.3, 0.4) is 0 Å². The molecule has 134 valence electrons. The molecule has 1 aliphatic rings. The summed E-state index contributed by atoms with van der Waals surface area (Å²) in [6, 6.07) is 7.74. The molecule has 1 saturated heterocycles. The Morgan fingerprint density at radius 3 is 2.80 bits per heavy atom. The number of halogens is 1. The smallest absolute Gasteiger partial charge is 0.242 e. The summed E-state index contributed by atoms with van der Waals surface area (Å²) in [5, 5.41) is 5.67. The molecule has 0 radical (unpaired) electrons. The number of methoxy groups -OCH3 is 2. The van der Waals surface area contributed by atoms with E-state index in [1.54, 1.807) is 37.7 Å². The molecule has 0 aliphatic carbocycles. The van der Waals surface area contributed by atoms with E-state index in [0.717, 1.165) is 19.4 Å². The Balaban J connectivity index is 1.68. The molecule has 1 aromatic carbocycles. The van der Waals surface area contributed by atoms with Gasteiger partial charge in [0.2, 0.25) is 5.91 Å². The van der Waals surface area contributed by atoms with Gasteiger partial charge in [0.15, 0.2) is 11.5 Å². The van der Waals surface area contributed by atoms with Gasteiger partial charge >= 0.3 is 0 Å². The fourth-order valence-corrected chi connectivity index (χ4v) is 4.20. The molecule has 1 atom stereocenters. The summed E-state index contributed by atoms with van der Waals surface area (Å²) in [5.41, 5.74) is 0.652. The Labute approximate surface area is 156 Å². The van der Waals surface area contributed by atoms with Crippen molar-refractivity contribution in [1.82, 2.24) is 4.90 Å². The molecule has 1 N–H and O–H groups in total. The molecular weight excluding hydrogens is 360 g/mol. The minimum atomic E-state index is 0.0711. The van der Waals surface area contributed by atoms with Gasteiger partial charge in [-0.2, -0.15) is 0 Å². The average Bonchev–Trinajstić information content (AvgIpc) is 3.30. The number of likely N-dealkylation sites (tertiary alicyclic amines) is 1. The highest BCUT2D eigenvalue weighted by Gasteiger charge is 2.30. The normalized spacial score (nSPS) is 16.8. The molecule has 3 rings (SSSR count). The third-order valence-corrected chi connectivity index (χ3v) is 5.63. The number of rotatable bonds is 6. The average molecular weight is 381 g/mol. The topological polar surface area (TPSA) is 50.8 Å². The first-order valence-corrected chi connectivity index (χ1v) is 9.38. The Hall–Kier alpha value is -1.92. The van der Waals surface area contributed by atoms with E-state index in [9.17, 15) is 4.79 Å². The Bertz CT molecular complexity index is 736. The highest BCUT2D eigenvalue weighted by Crippen LogP contribution is 2.37. The molecule has 2 aromatic rings. The molecule has 1 fully saturated rings. The lowest BCUT2D eigenvalue weighted by Gasteiger charge is -2.24. The van der Waals surface area contributed by atoms with Crippen molar-refractivity contribution in [2.75, 3.05) is 32.6 Å². The molecule has 1 aromatic heterocycles. The van der Waals surface area contributed by atoms with E-state index in [2.05, 4.69) is 16.8 Å². The fraction of sp³-hybridized carbons (Fsp3) is 0.389.